The zero-order valence-electron chi connectivity index (χ0n) is 12.9. The normalized spacial score (nSPS) is 17.4. The zero-order chi connectivity index (χ0) is 14.1. The van der Waals surface area contributed by atoms with Crippen molar-refractivity contribution < 1.29 is 14.3 Å². The number of rotatable bonds is 7. The average Bonchev–Trinajstić information content (AvgIpc) is 2.36. The van der Waals surface area contributed by atoms with Crippen molar-refractivity contribution in [2.45, 2.75) is 77.7 Å². The SMILES string of the molecule is CC(C)(C)OCC(=O)OCCCCC1CCCCC1. The molecule has 0 aromatic heterocycles. The lowest BCUT2D eigenvalue weighted by Crippen LogP contribution is -2.25. The Labute approximate surface area is 118 Å². The van der Waals surface area contributed by atoms with Crippen LogP contribution in [0.3, 0.4) is 0 Å². The van der Waals surface area contributed by atoms with Crippen molar-refractivity contribution in [3.05, 3.63) is 0 Å². The number of ether oxygens (including phenoxy) is 2. The van der Waals surface area contributed by atoms with Crippen LogP contribution in [-0.4, -0.2) is 24.8 Å². The van der Waals surface area contributed by atoms with E-state index in [1.807, 2.05) is 20.8 Å². The summed E-state index contributed by atoms with van der Waals surface area (Å²) in [7, 11) is 0. The van der Waals surface area contributed by atoms with Crippen LogP contribution in [0, 0.1) is 5.92 Å². The third-order valence-corrected chi connectivity index (χ3v) is 3.62. The Kier molecular flexibility index (Phi) is 7.44. The topological polar surface area (TPSA) is 35.5 Å². The predicted octanol–water partition coefficient (Wildman–Crippen LogP) is 4.10. The van der Waals surface area contributed by atoms with Crippen LogP contribution in [0.15, 0.2) is 0 Å². The van der Waals surface area contributed by atoms with E-state index in [4.69, 9.17) is 9.47 Å². The van der Waals surface area contributed by atoms with E-state index in [0.29, 0.717) is 6.61 Å². The number of unbranched alkanes of at least 4 members (excludes halogenated alkanes) is 1. The minimum Gasteiger partial charge on any atom is -0.464 e. The molecule has 19 heavy (non-hydrogen) atoms. The molecule has 0 unspecified atom stereocenters. The maximum atomic E-state index is 11.4. The smallest absolute Gasteiger partial charge is 0.332 e. The molecule has 0 radical (unpaired) electrons. The molecule has 1 rings (SSSR count). The molecule has 0 heterocycles. The van der Waals surface area contributed by atoms with Gasteiger partial charge in [-0.2, -0.15) is 0 Å². The molecule has 0 amide bonds. The second-order valence-electron chi connectivity index (χ2n) is 6.62. The molecule has 112 valence electrons. The molecule has 0 aromatic carbocycles. The summed E-state index contributed by atoms with van der Waals surface area (Å²) in [5.74, 6) is 0.682. The van der Waals surface area contributed by atoms with Crippen LogP contribution in [0.1, 0.15) is 72.1 Å². The molecule has 0 spiro atoms. The number of hydrogen-bond acceptors (Lipinski definition) is 3. The van der Waals surface area contributed by atoms with Gasteiger partial charge in [0.2, 0.25) is 0 Å². The molecule has 0 aromatic rings. The van der Waals surface area contributed by atoms with Gasteiger partial charge in [0, 0.05) is 0 Å². The number of carbonyl (C=O) groups excluding carboxylic acids is 1. The molecule has 3 heteroatoms. The first kappa shape index (κ1) is 16.5. The van der Waals surface area contributed by atoms with Gasteiger partial charge in [-0.25, -0.2) is 4.79 Å². The molecule has 1 saturated carbocycles. The summed E-state index contributed by atoms with van der Waals surface area (Å²) < 4.78 is 10.5. The van der Waals surface area contributed by atoms with E-state index in [2.05, 4.69) is 0 Å². The highest BCUT2D eigenvalue weighted by Gasteiger charge is 2.14. The van der Waals surface area contributed by atoms with Crippen LogP contribution in [0.2, 0.25) is 0 Å². The Morgan fingerprint density at radius 3 is 2.42 bits per heavy atom. The monoisotopic (exact) mass is 270 g/mol. The first-order valence-corrected chi connectivity index (χ1v) is 7.77. The van der Waals surface area contributed by atoms with Crippen molar-refractivity contribution in [2.75, 3.05) is 13.2 Å². The highest BCUT2D eigenvalue weighted by atomic mass is 16.6. The molecular formula is C16H30O3. The van der Waals surface area contributed by atoms with Crippen molar-refractivity contribution in [2.24, 2.45) is 5.92 Å². The van der Waals surface area contributed by atoms with Gasteiger partial charge in [0.05, 0.1) is 12.2 Å². The summed E-state index contributed by atoms with van der Waals surface area (Å²) in [5.41, 5.74) is -0.278. The van der Waals surface area contributed by atoms with E-state index >= 15 is 0 Å². The largest absolute Gasteiger partial charge is 0.464 e. The van der Waals surface area contributed by atoms with Crippen LogP contribution in [0.4, 0.5) is 0 Å². The summed E-state index contributed by atoms with van der Waals surface area (Å²) in [5, 5.41) is 0. The Morgan fingerprint density at radius 1 is 1.11 bits per heavy atom. The van der Waals surface area contributed by atoms with Crippen molar-refractivity contribution >= 4 is 5.97 Å². The van der Waals surface area contributed by atoms with Crippen molar-refractivity contribution in [1.29, 1.82) is 0 Å². The minimum absolute atomic E-state index is 0.0616. The molecule has 3 nitrogen and oxygen atoms in total. The zero-order valence-corrected chi connectivity index (χ0v) is 12.9. The number of carbonyl (C=O) groups is 1. The van der Waals surface area contributed by atoms with Crippen LogP contribution in [-0.2, 0) is 14.3 Å². The van der Waals surface area contributed by atoms with Crippen molar-refractivity contribution in [1.82, 2.24) is 0 Å². The van der Waals surface area contributed by atoms with Crippen LogP contribution < -0.4 is 0 Å². The second-order valence-corrected chi connectivity index (χ2v) is 6.62. The third-order valence-electron chi connectivity index (χ3n) is 3.62. The molecule has 1 aliphatic carbocycles. The second kappa shape index (κ2) is 8.57. The Hall–Kier alpha value is -0.570. The summed E-state index contributed by atoms with van der Waals surface area (Å²) in [6, 6.07) is 0. The van der Waals surface area contributed by atoms with E-state index in [0.717, 1.165) is 12.3 Å². The van der Waals surface area contributed by atoms with Gasteiger partial charge in [0.15, 0.2) is 0 Å². The van der Waals surface area contributed by atoms with Gasteiger partial charge >= 0.3 is 5.97 Å². The predicted molar refractivity (Wildman–Crippen MR) is 77.1 cm³/mol. The standard InChI is InChI=1S/C16H30O3/c1-16(2,3)19-13-15(17)18-12-8-7-11-14-9-5-4-6-10-14/h14H,4-13H2,1-3H3. The number of esters is 1. The van der Waals surface area contributed by atoms with E-state index < -0.39 is 0 Å². The molecule has 1 aliphatic rings. The molecule has 0 aliphatic heterocycles. The number of hydrogen-bond donors (Lipinski definition) is 0. The van der Waals surface area contributed by atoms with Crippen molar-refractivity contribution in [3.63, 3.8) is 0 Å². The maximum absolute atomic E-state index is 11.4. The Bertz CT molecular complexity index is 249. The first-order valence-electron chi connectivity index (χ1n) is 7.77. The summed E-state index contributed by atoms with van der Waals surface area (Å²) >= 11 is 0. The lowest BCUT2D eigenvalue weighted by molar-refractivity contribution is -0.154. The minimum atomic E-state index is -0.278. The molecule has 0 saturated heterocycles. The third kappa shape index (κ3) is 9.04. The van der Waals surface area contributed by atoms with Crippen LogP contribution in [0.5, 0.6) is 0 Å². The van der Waals surface area contributed by atoms with E-state index in [9.17, 15) is 4.79 Å². The highest BCUT2D eigenvalue weighted by Crippen LogP contribution is 2.27. The van der Waals surface area contributed by atoms with Crippen LogP contribution in [0.25, 0.3) is 0 Å². The van der Waals surface area contributed by atoms with Crippen LogP contribution >= 0.6 is 0 Å². The summed E-state index contributed by atoms with van der Waals surface area (Å²) in [4.78, 5) is 11.4. The van der Waals surface area contributed by atoms with Gasteiger partial charge in [-0.15, -0.1) is 0 Å². The Balaban J connectivity index is 1.93. The van der Waals surface area contributed by atoms with Gasteiger partial charge in [-0.1, -0.05) is 38.5 Å². The molecule has 1 fully saturated rings. The van der Waals surface area contributed by atoms with E-state index in [1.54, 1.807) is 0 Å². The first-order chi connectivity index (χ1) is 8.97. The fourth-order valence-electron chi connectivity index (χ4n) is 2.51. The van der Waals surface area contributed by atoms with Gasteiger partial charge < -0.3 is 9.47 Å². The average molecular weight is 270 g/mol. The van der Waals surface area contributed by atoms with Gasteiger partial charge in [0.25, 0.3) is 0 Å². The molecular weight excluding hydrogens is 240 g/mol. The molecule has 0 bridgehead atoms. The lowest BCUT2D eigenvalue weighted by atomic mass is 9.86. The Morgan fingerprint density at radius 2 is 1.79 bits per heavy atom. The fraction of sp³-hybridized carbons (Fsp3) is 0.938. The van der Waals surface area contributed by atoms with Crippen molar-refractivity contribution in [3.8, 4) is 0 Å². The molecule has 0 atom stereocenters. The molecule has 0 N–H and O–H groups in total. The summed E-state index contributed by atoms with van der Waals surface area (Å²) in [6.07, 6.45) is 10.5. The van der Waals surface area contributed by atoms with Gasteiger partial charge in [0.1, 0.15) is 6.61 Å². The lowest BCUT2D eigenvalue weighted by Gasteiger charge is -2.21. The van der Waals surface area contributed by atoms with Gasteiger partial charge in [-0.05, 0) is 39.5 Å². The maximum Gasteiger partial charge on any atom is 0.332 e. The highest BCUT2D eigenvalue weighted by molar-refractivity contribution is 5.70. The van der Waals surface area contributed by atoms with E-state index in [-0.39, 0.29) is 18.2 Å². The summed E-state index contributed by atoms with van der Waals surface area (Å²) in [6.45, 7) is 6.41. The van der Waals surface area contributed by atoms with Gasteiger partial charge in [-0.3, -0.25) is 0 Å². The fourth-order valence-corrected chi connectivity index (χ4v) is 2.51. The van der Waals surface area contributed by atoms with E-state index in [1.165, 1.54) is 44.9 Å². The quantitative estimate of drug-likeness (QED) is 0.516.